The number of rotatable bonds is 7. The third-order valence-electron chi connectivity index (χ3n) is 8.38. The summed E-state index contributed by atoms with van der Waals surface area (Å²) in [6.07, 6.45) is 1.91. The first-order chi connectivity index (χ1) is 20.4. The Labute approximate surface area is 241 Å². The molecule has 1 saturated heterocycles. The molecule has 3 heterocycles. The van der Waals surface area contributed by atoms with Crippen LogP contribution in [0.3, 0.4) is 0 Å². The molecule has 2 aliphatic heterocycles. The van der Waals surface area contributed by atoms with Gasteiger partial charge in [0.05, 0.1) is 45.5 Å². The molecule has 0 radical (unpaired) electrons. The summed E-state index contributed by atoms with van der Waals surface area (Å²) in [6, 6.07) is 15.2. The molecule has 2 N–H and O–H groups in total. The summed E-state index contributed by atoms with van der Waals surface area (Å²) >= 11 is 0. The first kappa shape index (κ1) is 26.0. The second-order valence-electron chi connectivity index (χ2n) is 10.8. The van der Waals surface area contributed by atoms with Crippen molar-refractivity contribution < 1.29 is 33.6 Å². The standard InChI is InChI=1S/C31H30N4O7/c1-16-4-6-18(7-5-16)32-12-19-13-35(34-33-19)29-21-11-24-23(41-15-42-24)10-20(21)27(28-22(29)14-40-31(28)37)17-8-25(38-2)30(36)26(9-17)39-3/h4-11,13,22,27-29,32,36H,12,14-15H2,1-3H3/t22-,27+,28-,29+/m0/s1. The molecule has 0 spiro atoms. The van der Waals surface area contributed by atoms with Gasteiger partial charge >= 0.3 is 5.97 Å². The molecule has 0 bridgehead atoms. The summed E-state index contributed by atoms with van der Waals surface area (Å²) in [4.78, 5) is 13.4. The molecular weight excluding hydrogens is 540 g/mol. The fourth-order valence-corrected chi connectivity index (χ4v) is 6.36. The van der Waals surface area contributed by atoms with Gasteiger partial charge in [0, 0.05) is 17.5 Å². The number of esters is 1. The minimum Gasteiger partial charge on any atom is -0.502 e. The van der Waals surface area contributed by atoms with Crippen LogP contribution in [0.5, 0.6) is 28.7 Å². The van der Waals surface area contributed by atoms with Gasteiger partial charge in [-0.1, -0.05) is 22.9 Å². The molecule has 7 rings (SSSR count). The van der Waals surface area contributed by atoms with E-state index in [2.05, 4.69) is 27.8 Å². The number of hydrogen-bond donors (Lipinski definition) is 2. The van der Waals surface area contributed by atoms with Gasteiger partial charge in [-0.25, -0.2) is 4.68 Å². The van der Waals surface area contributed by atoms with Crippen molar-refractivity contribution in [2.24, 2.45) is 11.8 Å². The lowest BCUT2D eigenvalue weighted by Crippen LogP contribution is -2.37. The van der Waals surface area contributed by atoms with Crippen LogP contribution in [-0.2, 0) is 16.1 Å². The topological polar surface area (TPSA) is 126 Å². The van der Waals surface area contributed by atoms with Crippen LogP contribution in [0.2, 0.25) is 0 Å². The van der Waals surface area contributed by atoms with Crippen LogP contribution < -0.4 is 24.3 Å². The number of ether oxygens (including phenoxy) is 5. The SMILES string of the molecule is COc1cc([C@@H]2c3cc4c(cc3[C@@H](n3cc(CNc5ccc(C)cc5)nn3)[C@H]3COC(=O)[C@H]23)OCO4)cc(OC)c1O. The second kappa shape index (κ2) is 10.2. The Hall–Kier alpha value is -4.93. The normalized spacial score (nSPS) is 21.8. The van der Waals surface area contributed by atoms with E-state index in [0.29, 0.717) is 18.0 Å². The molecule has 11 heteroatoms. The zero-order valence-corrected chi connectivity index (χ0v) is 23.4. The second-order valence-corrected chi connectivity index (χ2v) is 10.8. The van der Waals surface area contributed by atoms with Gasteiger partial charge in [0.1, 0.15) is 5.69 Å². The van der Waals surface area contributed by atoms with E-state index in [1.54, 1.807) is 12.1 Å². The van der Waals surface area contributed by atoms with Gasteiger partial charge in [0.15, 0.2) is 23.0 Å². The summed E-state index contributed by atoms with van der Waals surface area (Å²) in [5, 5.41) is 22.9. The van der Waals surface area contributed by atoms with Gasteiger partial charge in [-0.3, -0.25) is 4.79 Å². The zero-order valence-electron chi connectivity index (χ0n) is 23.4. The quantitative estimate of drug-likeness (QED) is 0.313. The Balaban J connectivity index is 1.32. The van der Waals surface area contributed by atoms with Gasteiger partial charge in [0.2, 0.25) is 12.5 Å². The summed E-state index contributed by atoms with van der Waals surface area (Å²) < 4.78 is 29.9. The van der Waals surface area contributed by atoms with E-state index in [9.17, 15) is 9.90 Å². The molecule has 42 heavy (non-hydrogen) atoms. The molecule has 0 saturated carbocycles. The molecule has 0 unspecified atom stereocenters. The van der Waals surface area contributed by atoms with Crippen molar-refractivity contribution in [2.75, 3.05) is 32.9 Å². The van der Waals surface area contributed by atoms with E-state index < -0.39 is 11.8 Å². The monoisotopic (exact) mass is 570 g/mol. The lowest BCUT2D eigenvalue weighted by molar-refractivity contribution is -0.141. The Morgan fingerprint density at radius 2 is 1.69 bits per heavy atom. The van der Waals surface area contributed by atoms with Crippen molar-refractivity contribution in [3.63, 3.8) is 0 Å². The maximum Gasteiger partial charge on any atom is 0.310 e. The van der Waals surface area contributed by atoms with Crippen molar-refractivity contribution in [1.29, 1.82) is 0 Å². The molecule has 1 fully saturated rings. The van der Waals surface area contributed by atoms with Gasteiger partial charge in [-0.2, -0.15) is 0 Å². The van der Waals surface area contributed by atoms with E-state index in [0.717, 1.165) is 28.1 Å². The van der Waals surface area contributed by atoms with Crippen molar-refractivity contribution in [3.05, 3.63) is 82.7 Å². The maximum atomic E-state index is 13.4. The smallest absolute Gasteiger partial charge is 0.310 e. The van der Waals surface area contributed by atoms with Gasteiger partial charge < -0.3 is 34.1 Å². The van der Waals surface area contributed by atoms with E-state index in [1.165, 1.54) is 19.8 Å². The number of aromatic hydroxyl groups is 1. The Kier molecular flexibility index (Phi) is 6.29. The van der Waals surface area contributed by atoms with Crippen molar-refractivity contribution >= 4 is 11.7 Å². The number of nitrogens with one attached hydrogen (secondary N) is 1. The van der Waals surface area contributed by atoms with Gasteiger partial charge in [-0.15, -0.1) is 5.10 Å². The number of carbonyl (C=O) groups excluding carboxylic acids is 1. The fraction of sp³-hybridized carbons (Fsp3) is 0.323. The molecule has 0 amide bonds. The number of nitrogens with zero attached hydrogens (tertiary/aromatic N) is 3. The number of benzene rings is 3. The minimum atomic E-state index is -0.542. The average molecular weight is 571 g/mol. The highest BCUT2D eigenvalue weighted by Crippen LogP contribution is 2.56. The molecule has 216 valence electrons. The summed E-state index contributed by atoms with van der Waals surface area (Å²) in [7, 11) is 2.95. The van der Waals surface area contributed by atoms with Gasteiger partial charge in [0.25, 0.3) is 0 Å². The fourth-order valence-electron chi connectivity index (χ4n) is 6.36. The van der Waals surface area contributed by atoms with Crippen LogP contribution in [0.15, 0.2) is 54.7 Å². The van der Waals surface area contributed by atoms with E-state index in [1.807, 2.05) is 42.1 Å². The van der Waals surface area contributed by atoms with E-state index in [-0.39, 0.29) is 48.6 Å². The molecule has 3 aromatic carbocycles. The van der Waals surface area contributed by atoms with E-state index in [4.69, 9.17) is 23.7 Å². The third kappa shape index (κ3) is 4.23. The summed E-state index contributed by atoms with van der Waals surface area (Å²) in [5.41, 5.74) is 5.48. The van der Waals surface area contributed by atoms with Crippen LogP contribution in [0, 0.1) is 18.8 Å². The molecule has 11 nitrogen and oxygen atoms in total. The van der Waals surface area contributed by atoms with Crippen molar-refractivity contribution in [1.82, 2.24) is 15.0 Å². The van der Waals surface area contributed by atoms with Crippen LogP contribution in [0.4, 0.5) is 5.69 Å². The summed E-state index contributed by atoms with van der Waals surface area (Å²) in [6.45, 7) is 2.88. The van der Waals surface area contributed by atoms with Crippen LogP contribution >= 0.6 is 0 Å². The van der Waals surface area contributed by atoms with E-state index >= 15 is 0 Å². The number of aromatic nitrogens is 3. The van der Waals surface area contributed by atoms with Crippen LogP contribution in [0.25, 0.3) is 0 Å². The first-order valence-corrected chi connectivity index (χ1v) is 13.7. The number of aryl methyl sites for hydroxylation is 1. The molecule has 4 aromatic rings. The van der Waals surface area contributed by atoms with Crippen molar-refractivity contribution in [2.45, 2.75) is 25.4 Å². The number of carbonyl (C=O) groups is 1. The largest absolute Gasteiger partial charge is 0.502 e. The number of hydrogen-bond acceptors (Lipinski definition) is 10. The molecule has 4 atom stereocenters. The Morgan fingerprint density at radius 3 is 2.38 bits per heavy atom. The first-order valence-electron chi connectivity index (χ1n) is 13.7. The minimum absolute atomic E-state index is 0.108. The lowest BCUT2D eigenvalue weighted by atomic mass is 9.65. The summed E-state index contributed by atoms with van der Waals surface area (Å²) in [5.74, 6) is 0.0950. The predicted octanol–water partition coefficient (Wildman–Crippen LogP) is 4.17. The Bertz CT molecular complexity index is 1640. The highest BCUT2D eigenvalue weighted by atomic mass is 16.7. The number of cyclic esters (lactones) is 1. The zero-order chi connectivity index (χ0) is 29.0. The lowest BCUT2D eigenvalue weighted by Gasteiger charge is -2.39. The number of anilines is 1. The molecule has 1 aliphatic carbocycles. The van der Waals surface area contributed by atoms with Crippen LogP contribution in [0.1, 0.15) is 39.9 Å². The highest BCUT2D eigenvalue weighted by Gasteiger charge is 2.53. The van der Waals surface area contributed by atoms with Gasteiger partial charge in [-0.05, 0) is 60.0 Å². The molecular formula is C31H30N4O7. The molecule has 3 aliphatic rings. The highest BCUT2D eigenvalue weighted by molar-refractivity contribution is 5.79. The molecule has 1 aromatic heterocycles. The van der Waals surface area contributed by atoms with Crippen LogP contribution in [-0.4, -0.2) is 53.7 Å². The number of fused-ring (bicyclic) bond motifs is 3. The third-order valence-corrected chi connectivity index (χ3v) is 8.38. The Morgan fingerprint density at radius 1 is 1.00 bits per heavy atom. The maximum absolute atomic E-state index is 13.4. The predicted molar refractivity (Wildman–Crippen MR) is 150 cm³/mol. The number of phenolic OH excluding ortho intramolecular Hbond substituents is 1. The van der Waals surface area contributed by atoms with Crippen molar-refractivity contribution in [3.8, 4) is 28.7 Å². The number of phenols is 1. The average Bonchev–Trinajstić information content (AvgIpc) is 3.75. The number of methoxy groups -OCH3 is 2.